The van der Waals surface area contributed by atoms with Crippen molar-refractivity contribution < 1.29 is 14.3 Å². The minimum atomic E-state index is -0.415. The normalized spacial score (nSPS) is 17.9. The second kappa shape index (κ2) is 6.43. The summed E-state index contributed by atoms with van der Waals surface area (Å²) in [6.45, 7) is 5.84. The first kappa shape index (κ1) is 15.1. The van der Waals surface area contributed by atoms with Crippen LogP contribution in [0.5, 0.6) is 5.75 Å². The predicted octanol–water partition coefficient (Wildman–Crippen LogP) is 2.60. The summed E-state index contributed by atoms with van der Waals surface area (Å²) in [5.41, 5.74) is 2.13. The summed E-state index contributed by atoms with van der Waals surface area (Å²) < 4.78 is 10.6. The number of benzene rings is 1. The van der Waals surface area contributed by atoms with Gasteiger partial charge in [0.15, 0.2) is 0 Å². The van der Waals surface area contributed by atoms with Gasteiger partial charge in [-0.15, -0.1) is 0 Å². The summed E-state index contributed by atoms with van der Waals surface area (Å²) >= 11 is 0. The average molecular weight is 288 g/mol. The Labute approximate surface area is 124 Å². The van der Waals surface area contributed by atoms with Crippen LogP contribution >= 0.6 is 0 Å². The number of nitrogens with one attached hydrogen (secondary N) is 1. The lowest BCUT2D eigenvalue weighted by molar-refractivity contribution is -0.138. The van der Waals surface area contributed by atoms with Gasteiger partial charge in [-0.25, -0.2) is 4.79 Å². The molecule has 1 aliphatic heterocycles. The van der Waals surface area contributed by atoms with Crippen molar-refractivity contribution in [3.05, 3.63) is 41.1 Å². The van der Waals surface area contributed by atoms with Crippen LogP contribution in [0.2, 0.25) is 0 Å². The number of hydrogen-bond donors (Lipinski definition) is 1. The van der Waals surface area contributed by atoms with Crippen molar-refractivity contribution in [1.29, 1.82) is 0 Å². The minimum absolute atomic E-state index is 0.330. The molecule has 21 heavy (non-hydrogen) atoms. The van der Waals surface area contributed by atoms with E-state index < -0.39 is 6.04 Å². The number of ether oxygens (including phenoxy) is 2. The second-order valence-corrected chi connectivity index (χ2v) is 4.74. The van der Waals surface area contributed by atoms with Crippen LogP contribution < -0.4 is 10.1 Å². The molecule has 1 atom stereocenters. The number of aliphatic imine (C=N–C) groups is 1. The Bertz CT molecular complexity index is 605. The van der Waals surface area contributed by atoms with Crippen molar-refractivity contribution in [3.63, 3.8) is 0 Å². The molecule has 5 nitrogen and oxygen atoms in total. The van der Waals surface area contributed by atoms with Gasteiger partial charge in [-0.3, -0.25) is 4.99 Å². The quantitative estimate of drug-likeness (QED) is 0.865. The van der Waals surface area contributed by atoms with Crippen LogP contribution in [0, 0.1) is 0 Å². The first-order valence-corrected chi connectivity index (χ1v) is 6.90. The van der Waals surface area contributed by atoms with Crippen molar-refractivity contribution in [2.45, 2.75) is 26.8 Å². The summed E-state index contributed by atoms with van der Waals surface area (Å²) in [5, 5.41) is 3.09. The van der Waals surface area contributed by atoms with Crippen molar-refractivity contribution in [3.8, 4) is 5.75 Å². The van der Waals surface area contributed by atoms with Crippen molar-refractivity contribution in [1.82, 2.24) is 5.32 Å². The van der Waals surface area contributed by atoms with Crippen LogP contribution in [0.25, 0.3) is 0 Å². The molecule has 0 amide bonds. The lowest BCUT2D eigenvalue weighted by Crippen LogP contribution is -2.30. The number of allylic oxidation sites excluding steroid dienone is 1. The third-order valence-electron chi connectivity index (χ3n) is 3.30. The summed E-state index contributed by atoms with van der Waals surface area (Å²) in [6.07, 6.45) is 0. The van der Waals surface area contributed by atoms with E-state index in [2.05, 4.69) is 10.3 Å². The molecule has 0 aromatic heterocycles. The number of hydrogen-bond acceptors (Lipinski definition) is 5. The molecule has 2 rings (SSSR count). The minimum Gasteiger partial charge on any atom is -0.496 e. The highest BCUT2D eigenvalue weighted by atomic mass is 16.5. The van der Waals surface area contributed by atoms with Crippen LogP contribution in [-0.2, 0) is 9.53 Å². The van der Waals surface area contributed by atoms with Gasteiger partial charge in [-0.2, -0.15) is 0 Å². The topological polar surface area (TPSA) is 59.9 Å². The highest BCUT2D eigenvalue weighted by molar-refractivity contribution is 5.95. The SMILES string of the molecule is CCOC(=O)C1=C(C)NC(C)=NC1c1ccccc1OC. The van der Waals surface area contributed by atoms with Crippen molar-refractivity contribution in [2.75, 3.05) is 13.7 Å². The molecule has 0 saturated carbocycles. The Morgan fingerprint density at radius 2 is 2.05 bits per heavy atom. The highest BCUT2D eigenvalue weighted by Crippen LogP contribution is 2.36. The van der Waals surface area contributed by atoms with E-state index in [0.717, 1.165) is 17.1 Å². The maximum Gasteiger partial charge on any atom is 0.338 e. The number of carbonyl (C=O) groups excluding carboxylic acids is 1. The molecule has 112 valence electrons. The average Bonchev–Trinajstić information content (AvgIpc) is 2.46. The van der Waals surface area contributed by atoms with Crippen molar-refractivity contribution in [2.24, 2.45) is 4.99 Å². The van der Waals surface area contributed by atoms with E-state index in [9.17, 15) is 4.79 Å². The van der Waals surface area contributed by atoms with E-state index in [1.165, 1.54) is 0 Å². The summed E-state index contributed by atoms with van der Waals surface area (Å²) in [5.74, 6) is 1.11. The number of esters is 1. The number of methoxy groups -OCH3 is 1. The Morgan fingerprint density at radius 3 is 2.71 bits per heavy atom. The van der Waals surface area contributed by atoms with Gasteiger partial charge in [-0.05, 0) is 26.8 Å². The number of para-hydroxylation sites is 1. The molecular weight excluding hydrogens is 268 g/mol. The lowest BCUT2D eigenvalue weighted by Gasteiger charge is -2.25. The molecule has 0 bridgehead atoms. The molecule has 1 aromatic rings. The fraction of sp³-hybridized carbons (Fsp3) is 0.375. The van der Waals surface area contributed by atoms with E-state index in [1.807, 2.05) is 38.1 Å². The summed E-state index contributed by atoms with van der Waals surface area (Å²) in [6, 6.07) is 7.16. The van der Waals surface area contributed by atoms with E-state index in [0.29, 0.717) is 17.9 Å². The van der Waals surface area contributed by atoms with Gasteiger partial charge < -0.3 is 14.8 Å². The number of nitrogens with zero attached hydrogens (tertiary/aromatic N) is 1. The second-order valence-electron chi connectivity index (χ2n) is 4.74. The Balaban J connectivity index is 2.51. The maximum absolute atomic E-state index is 12.3. The zero-order chi connectivity index (χ0) is 15.4. The van der Waals surface area contributed by atoms with Crippen LogP contribution in [0.4, 0.5) is 0 Å². The Hall–Kier alpha value is -2.30. The van der Waals surface area contributed by atoms with Crippen LogP contribution in [-0.4, -0.2) is 25.5 Å². The van der Waals surface area contributed by atoms with Crippen LogP contribution in [0.3, 0.4) is 0 Å². The van der Waals surface area contributed by atoms with Crippen molar-refractivity contribution >= 4 is 11.8 Å². The van der Waals surface area contributed by atoms with Gasteiger partial charge in [0.25, 0.3) is 0 Å². The van der Waals surface area contributed by atoms with Gasteiger partial charge in [0.2, 0.25) is 0 Å². The number of carbonyl (C=O) groups is 1. The van der Waals surface area contributed by atoms with E-state index in [4.69, 9.17) is 9.47 Å². The lowest BCUT2D eigenvalue weighted by atomic mass is 9.95. The van der Waals surface area contributed by atoms with Gasteiger partial charge in [0.1, 0.15) is 11.8 Å². The fourth-order valence-corrected chi connectivity index (χ4v) is 2.43. The van der Waals surface area contributed by atoms with Gasteiger partial charge >= 0.3 is 5.97 Å². The highest BCUT2D eigenvalue weighted by Gasteiger charge is 2.30. The summed E-state index contributed by atoms with van der Waals surface area (Å²) in [7, 11) is 1.61. The number of amidine groups is 1. The summed E-state index contributed by atoms with van der Waals surface area (Å²) in [4.78, 5) is 16.8. The predicted molar refractivity (Wildman–Crippen MR) is 81.3 cm³/mol. The Morgan fingerprint density at radius 1 is 1.33 bits per heavy atom. The smallest absolute Gasteiger partial charge is 0.338 e. The fourth-order valence-electron chi connectivity index (χ4n) is 2.43. The van der Waals surface area contributed by atoms with E-state index in [1.54, 1.807) is 14.0 Å². The molecular formula is C16H20N2O3. The van der Waals surface area contributed by atoms with Gasteiger partial charge in [0, 0.05) is 11.3 Å². The van der Waals surface area contributed by atoms with E-state index in [-0.39, 0.29) is 5.97 Å². The standard InChI is InChI=1S/C16H20N2O3/c1-5-21-16(19)14-10(2)17-11(3)18-15(14)12-8-6-7-9-13(12)20-4/h6-9,15H,5H2,1-4H3,(H,17,18). The molecule has 1 aromatic carbocycles. The monoisotopic (exact) mass is 288 g/mol. The molecule has 1 N–H and O–H groups in total. The Kier molecular flexibility index (Phi) is 4.62. The van der Waals surface area contributed by atoms with Gasteiger partial charge in [-0.1, -0.05) is 18.2 Å². The molecule has 5 heteroatoms. The zero-order valence-electron chi connectivity index (χ0n) is 12.8. The molecule has 1 aliphatic rings. The van der Waals surface area contributed by atoms with E-state index >= 15 is 0 Å². The first-order valence-electron chi connectivity index (χ1n) is 6.90. The molecule has 0 spiro atoms. The first-order chi connectivity index (χ1) is 10.1. The molecule has 0 aliphatic carbocycles. The molecule has 0 radical (unpaired) electrons. The van der Waals surface area contributed by atoms with Gasteiger partial charge in [0.05, 0.1) is 25.1 Å². The third kappa shape index (κ3) is 3.07. The number of rotatable bonds is 4. The molecule has 1 unspecified atom stereocenters. The third-order valence-corrected chi connectivity index (χ3v) is 3.30. The molecule has 0 fully saturated rings. The molecule has 0 saturated heterocycles. The molecule has 1 heterocycles. The van der Waals surface area contributed by atoms with Crippen LogP contribution in [0.15, 0.2) is 40.5 Å². The van der Waals surface area contributed by atoms with Crippen LogP contribution in [0.1, 0.15) is 32.4 Å². The largest absolute Gasteiger partial charge is 0.496 e. The maximum atomic E-state index is 12.3. The zero-order valence-corrected chi connectivity index (χ0v) is 12.8.